The molecule has 0 amide bonds. The van der Waals surface area contributed by atoms with Crippen LogP contribution in [0.3, 0.4) is 0 Å². The van der Waals surface area contributed by atoms with Gasteiger partial charge in [0.05, 0.1) is 12.6 Å². The zero-order valence-corrected chi connectivity index (χ0v) is 9.60. The fourth-order valence-electron chi connectivity index (χ4n) is 3.14. The molecule has 1 saturated carbocycles. The van der Waals surface area contributed by atoms with Gasteiger partial charge in [0.25, 0.3) is 0 Å². The molecule has 1 aromatic carbocycles. The molecular formula is C14H19NO. The minimum Gasteiger partial charge on any atom is -0.394 e. The van der Waals surface area contributed by atoms with Crippen molar-refractivity contribution in [1.29, 1.82) is 0 Å². The van der Waals surface area contributed by atoms with Crippen molar-refractivity contribution in [3.63, 3.8) is 0 Å². The molecule has 0 radical (unpaired) electrons. The second kappa shape index (κ2) is 3.86. The van der Waals surface area contributed by atoms with Gasteiger partial charge in [-0.15, -0.1) is 0 Å². The summed E-state index contributed by atoms with van der Waals surface area (Å²) in [5.74, 6) is 0. The molecule has 1 heterocycles. The first kappa shape index (κ1) is 10.3. The lowest BCUT2D eigenvalue weighted by Crippen LogP contribution is -2.60. The highest BCUT2D eigenvalue weighted by Gasteiger charge is 2.49. The summed E-state index contributed by atoms with van der Waals surface area (Å²) >= 11 is 0. The van der Waals surface area contributed by atoms with Crippen molar-refractivity contribution >= 4 is 0 Å². The van der Waals surface area contributed by atoms with Crippen molar-refractivity contribution in [3.05, 3.63) is 35.9 Å². The Kier molecular flexibility index (Phi) is 2.49. The van der Waals surface area contributed by atoms with Gasteiger partial charge in [-0.25, -0.2) is 0 Å². The van der Waals surface area contributed by atoms with E-state index in [1.165, 1.54) is 37.9 Å². The number of benzene rings is 1. The largest absolute Gasteiger partial charge is 0.394 e. The highest BCUT2D eigenvalue weighted by Crippen LogP contribution is 2.50. The Morgan fingerprint density at radius 2 is 1.88 bits per heavy atom. The Labute approximate surface area is 96.9 Å². The van der Waals surface area contributed by atoms with Gasteiger partial charge in [-0.1, -0.05) is 36.8 Å². The van der Waals surface area contributed by atoms with Crippen LogP contribution in [0, 0.1) is 5.41 Å². The fraction of sp³-hybridized carbons (Fsp3) is 0.571. The lowest BCUT2D eigenvalue weighted by atomic mass is 9.63. The van der Waals surface area contributed by atoms with Crippen LogP contribution in [0.2, 0.25) is 0 Å². The average molecular weight is 217 g/mol. The summed E-state index contributed by atoms with van der Waals surface area (Å²) in [6, 6.07) is 10.6. The Hall–Kier alpha value is -0.860. The Bertz CT molecular complexity index is 350. The van der Waals surface area contributed by atoms with Gasteiger partial charge < -0.3 is 5.11 Å². The summed E-state index contributed by atoms with van der Waals surface area (Å²) in [6.07, 6.45) is 4.20. The summed E-state index contributed by atoms with van der Waals surface area (Å²) < 4.78 is 0. The standard InChI is InChI=1S/C14H19NO/c16-9-13(12-5-2-1-3-6-12)15-10-14(11-15)7-4-8-14/h1-3,5-6,13,16H,4,7-11H2. The Morgan fingerprint density at radius 3 is 2.38 bits per heavy atom. The Balaban J connectivity index is 1.69. The first-order valence-electron chi connectivity index (χ1n) is 6.23. The predicted molar refractivity (Wildman–Crippen MR) is 64.1 cm³/mol. The van der Waals surface area contributed by atoms with Crippen molar-refractivity contribution in [1.82, 2.24) is 4.90 Å². The van der Waals surface area contributed by atoms with Crippen molar-refractivity contribution in [2.75, 3.05) is 19.7 Å². The molecule has 1 aliphatic heterocycles. The number of aliphatic hydroxyl groups excluding tert-OH is 1. The van der Waals surface area contributed by atoms with E-state index in [1.54, 1.807) is 0 Å². The summed E-state index contributed by atoms with van der Waals surface area (Å²) in [4.78, 5) is 2.43. The highest BCUT2D eigenvalue weighted by molar-refractivity contribution is 5.20. The molecule has 1 saturated heterocycles. The maximum atomic E-state index is 9.53. The minimum absolute atomic E-state index is 0.215. The van der Waals surface area contributed by atoms with E-state index in [2.05, 4.69) is 29.2 Å². The van der Waals surface area contributed by atoms with E-state index < -0.39 is 0 Å². The van der Waals surface area contributed by atoms with Crippen LogP contribution in [0.15, 0.2) is 30.3 Å². The van der Waals surface area contributed by atoms with Crippen molar-refractivity contribution < 1.29 is 5.11 Å². The minimum atomic E-state index is 0.215. The number of hydrogen-bond acceptors (Lipinski definition) is 2. The summed E-state index contributed by atoms with van der Waals surface area (Å²) in [5, 5.41) is 9.53. The molecule has 1 aliphatic carbocycles. The number of hydrogen-bond donors (Lipinski definition) is 1. The van der Waals surface area contributed by atoms with Crippen molar-refractivity contribution in [3.8, 4) is 0 Å². The van der Waals surface area contributed by atoms with Gasteiger partial charge in [0.1, 0.15) is 0 Å². The zero-order valence-electron chi connectivity index (χ0n) is 9.60. The molecule has 2 aliphatic rings. The van der Waals surface area contributed by atoms with E-state index in [0.717, 1.165) is 0 Å². The number of rotatable bonds is 3. The monoisotopic (exact) mass is 217 g/mol. The first-order chi connectivity index (χ1) is 7.83. The van der Waals surface area contributed by atoms with Gasteiger partial charge in [-0.2, -0.15) is 0 Å². The van der Waals surface area contributed by atoms with E-state index >= 15 is 0 Å². The molecule has 0 aromatic heterocycles. The third-order valence-electron chi connectivity index (χ3n) is 4.29. The highest BCUT2D eigenvalue weighted by atomic mass is 16.3. The second-order valence-electron chi connectivity index (χ2n) is 5.37. The number of likely N-dealkylation sites (tertiary alicyclic amines) is 1. The zero-order chi connectivity index (χ0) is 11.0. The molecule has 2 nitrogen and oxygen atoms in total. The number of aliphatic hydroxyl groups is 1. The summed E-state index contributed by atoms with van der Waals surface area (Å²) in [6.45, 7) is 2.61. The van der Waals surface area contributed by atoms with E-state index in [9.17, 15) is 5.11 Å². The smallest absolute Gasteiger partial charge is 0.0628 e. The molecule has 2 heteroatoms. The van der Waals surface area contributed by atoms with E-state index in [1.807, 2.05) is 6.07 Å². The molecule has 16 heavy (non-hydrogen) atoms. The molecule has 1 N–H and O–H groups in total. The molecule has 86 valence electrons. The lowest BCUT2D eigenvalue weighted by Gasteiger charge is -2.58. The molecule has 1 unspecified atom stereocenters. The first-order valence-corrected chi connectivity index (χ1v) is 6.23. The van der Waals surface area contributed by atoms with Crippen LogP contribution in [0.4, 0.5) is 0 Å². The van der Waals surface area contributed by atoms with Gasteiger partial charge >= 0.3 is 0 Å². The average Bonchev–Trinajstić information content (AvgIpc) is 2.21. The van der Waals surface area contributed by atoms with Crippen LogP contribution >= 0.6 is 0 Å². The van der Waals surface area contributed by atoms with Crippen molar-refractivity contribution in [2.45, 2.75) is 25.3 Å². The van der Waals surface area contributed by atoms with Gasteiger partial charge in [0.15, 0.2) is 0 Å². The van der Waals surface area contributed by atoms with Crippen LogP contribution in [-0.2, 0) is 0 Å². The Morgan fingerprint density at radius 1 is 1.19 bits per heavy atom. The topological polar surface area (TPSA) is 23.5 Å². The van der Waals surface area contributed by atoms with Gasteiger partial charge in [0.2, 0.25) is 0 Å². The fourth-order valence-corrected chi connectivity index (χ4v) is 3.14. The van der Waals surface area contributed by atoms with Gasteiger partial charge in [-0.3, -0.25) is 4.90 Å². The normalized spacial score (nSPS) is 24.8. The van der Waals surface area contributed by atoms with Gasteiger partial charge in [0, 0.05) is 13.1 Å². The molecule has 1 aromatic rings. The van der Waals surface area contributed by atoms with E-state index in [4.69, 9.17) is 0 Å². The van der Waals surface area contributed by atoms with Crippen LogP contribution < -0.4 is 0 Å². The molecule has 2 fully saturated rings. The van der Waals surface area contributed by atoms with Crippen LogP contribution in [0.1, 0.15) is 30.9 Å². The number of nitrogens with zero attached hydrogens (tertiary/aromatic N) is 1. The SMILES string of the molecule is OCC(c1ccccc1)N1CC2(CCC2)C1. The van der Waals surface area contributed by atoms with E-state index in [-0.39, 0.29) is 12.6 Å². The van der Waals surface area contributed by atoms with E-state index in [0.29, 0.717) is 5.41 Å². The van der Waals surface area contributed by atoms with Crippen LogP contribution in [0.5, 0.6) is 0 Å². The molecular weight excluding hydrogens is 198 g/mol. The third-order valence-corrected chi connectivity index (χ3v) is 4.29. The predicted octanol–water partition coefficient (Wildman–Crippen LogP) is 2.21. The molecule has 0 bridgehead atoms. The molecule has 1 spiro atoms. The van der Waals surface area contributed by atoms with Crippen LogP contribution in [0.25, 0.3) is 0 Å². The van der Waals surface area contributed by atoms with Crippen LogP contribution in [-0.4, -0.2) is 29.7 Å². The lowest BCUT2D eigenvalue weighted by molar-refractivity contribution is -0.0933. The molecule has 3 rings (SSSR count). The summed E-state index contributed by atoms with van der Waals surface area (Å²) in [5.41, 5.74) is 1.89. The maximum absolute atomic E-state index is 9.53. The quantitative estimate of drug-likeness (QED) is 0.839. The maximum Gasteiger partial charge on any atom is 0.0628 e. The molecule has 1 atom stereocenters. The van der Waals surface area contributed by atoms with Gasteiger partial charge in [-0.05, 0) is 23.8 Å². The van der Waals surface area contributed by atoms with Crippen molar-refractivity contribution in [2.24, 2.45) is 5.41 Å². The second-order valence-corrected chi connectivity index (χ2v) is 5.37. The third kappa shape index (κ3) is 1.57. The summed E-state index contributed by atoms with van der Waals surface area (Å²) in [7, 11) is 0.